The largest absolute Gasteiger partial charge is 0.497 e. The molecule has 5 rings (SSSR count). The third kappa shape index (κ3) is 6.50. The standard InChI is InChI=1S/C30H34O7/c1-30(2)36-26-25(20-32-18-21-10-6-4-7-11-21)35-29(34-24-16-14-23(31-3)15-17-24)28(27(26)37-30)33-19-22-12-8-5-9-13-22/h4-17,25-29H,18-20H2,1-3H3/t25?,26-,27-,28?,29+/m0/s1. The number of hydrogen-bond acceptors (Lipinski definition) is 7. The van der Waals surface area contributed by atoms with Crippen LogP contribution in [0.15, 0.2) is 84.9 Å². The highest BCUT2D eigenvalue weighted by molar-refractivity contribution is 5.31. The topological polar surface area (TPSA) is 64.6 Å². The molecule has 0 N–H and O–H groups in total. The molecule has 0 radical (unpaired) electrons. The summed E-state index contributed by atoms with van der Waals surface area (Å²) >= 11 is 0. The minimum Gasteiger partial charge on any atom is -0.497 e. The maximum Gasteiger partial charge on any atom is 0.229 e. The van der Waals surface area contributed by atoms with Gasteiger partial charge in [0.2, 0.25) is 6.29 Å². The summed E-state index contributed by atoms with van der Waals surface area (Å²) in [4.78, 5) is 0. The van der Waals surface area contributed by atoms with Gasteiger partial charge in [0.1, 0.15) is 35.9 Å². The van der Waals surface area contributed by atoms with Crippen molar-refractivity contribution in [2.24, 2.45) is 0 Å². The summed E-state index contributed by atoms with van der Waals surface area (Å²) < 4.78 is 43.2. The van der Waals surface area contributed by atoms with Crippen molar-refractivity contribution in [3.63, 3.8) is 0 Å². The molecular weight excluding hydrogens is 472 g/mol. The number of ether oxygens (including phenoxy) is 7. The van der Waals surface area contributed by atoms with Crippen LogP contribution in [-0.2, 0) is 36.9 Å². The third-order valence-corrected chi connectivity index (χ3v) is 6.42. The van der Waals surface area contributed by atoms with Crippen LogP contribution in [0.1, 0.15) is 25.0 Å². The third-order valence-electron chi connectivity index (χ3n) is 6.42. The van der Waals surface area contributed by atoms with E-state index in [1.165, 1.54) is 0 Å². The first-order chi connectivity index (χ1) is 18.0. The maximum atomic E-state index is 6.48. The SMILES string of the molecule is COc1ccc(O[C@@H]2OC(COCc3ccccc3)[C@@H]3OC(C)(C)O[C@@H]3C2OCc2ccccc2)cc1. The van der Waals surface area contributed by atoms with E-state index in [1.54, 1.807) is 7.11 Å². The summed E-state index contributed by atoms with van der Waals surface area (Å²) in [5.41, 5.74) is 2.14. The quantitative estimate of drug-likeness (QED) is 0.378. The van der Waals surface area contributed by atoms with Gasteiger partial charge in [-0.25, -0.2) is 0 Å². The van der Waals surface area contributed by atoms with Crippen LogP contribution in [0.4, 0.5) is 0 Å². The highest BCUT2D eigenvalue weighted by Gasteiger charge is 2.56. The fourth-order valence-corrected chi connectivity index (χ4v) is 4.67. The lowest BCUT2D eigenvalue weighted by Crippen LogP contribution is -2.59. The smallest absolute Gasteiger partial charge is 0.229 e. The first-order valence-corrected chi connectivity index (χ1v) is 12.6. The lowest BCUT2D eigenvalue weighted by Gasteiger charge is -2.41. The molecule has 0 aromatic heterocycles. The second-order valence-electron chi connectivity index (χ2n) is 9.66. The Bertz CT molecular complexity index is 1100. The summed E-state index contributed by atoms with van der Waals surface area (Å²) in [6.07, 6.45) is -2.45. The first-order valence-electron chi connectivity index (χ1n) is 12.6. The van der Waals surface area contributed by atoms with E-state index < -0.39 is 30.4 Å². The van der Waals surface area contributed by atoms with E-state index in [0.717, 1.165) is 16.9 Å². The maximum absolute atomic E-state index is 6.48. The zero-order valence-electron chi connectivity index (χ0n) is 21.4. The van der Waals surface area contributed by atoms with E-state index in [1.807, 2.05) is 98.8 Å². The van der Waals surface area contributed by atoms with E-state index in [-0.39, 0.29) is 6.10 Å². The van der Waals surface area contributed by atoms with Crippen molar-refractivity contribution in [3.8, 4) is 11.5 Å². The minimum atomic E-state index is -0.792. The average molecular weight is 507 g/mol. The number of methoxy groups -OCH3 is 1. The molecule has 2 fully saturated rings. The number of benzene rings is 3. The molecule has 2 saturated heterocycles. The molecule has 37 heavy (non-hydrogen) atoms. The normalized spacial score (nSPS) is 26.4. The van der Waals surface area contributed by atoms with Crippen molar-refractivity contribution in [1.82, 2.24) is 0 Å². The molecule has 0 amide bonds. The molecule has 2 aliphatic rings. The zero-order chi connectivity index (χ0) is 25.7. The molecule has 2 aliphatic heterocycles. The van der Waals surface area contributed by atoms with E-state index >= 15 is 0 Å². The molecule has 2 unspecified atom stereocenters. The van der Waals surface area contributed by atoms with Crippen molar-refractivity contribution in [2.45, 2.75) is 63.6 Å². The lowest BCUT2D eigenvalue weighted by molar-refractivity contribution is -0.270. The molecule has 2 heterocycles. The Morgan fingerprint density at radius 2 is 1.32 bits per heavy atom. The number of hydrogen-bond donors (Lipinski definition) is 0. The van der Waals surface area contributed by atoms with Crippen molar-refractivity contribution in [3.05, 3.63) is 96.1 Å². The van der Waals surface area contributed by atoms with Gasteiger partial charge in [-0.15, -0.1) is 0 Å². The zero-order valence-corrected chi connectivity index (χ0v) is 21.4. The number of rotatable bonds is 10. The predicted molar refractivity (Wildman–Crippen MR) is 137 cm³/mol. The van der Waals surface area contributed by atoms with Crippen LogP contribution in [0.3, 0.4) is 0 Å². The summed E-state index contributed by atoms with van der Waals surface area (Å²) in [5.74, 6) is 0.592. The summed E-state index contributed by atoms with van der Waals surface area (Å²) in [7, 11) is 1.63. The van der Waals surface area contributed by atoms with Crippen LogP contribution in [0.2, 0.25) is 0 Å². The van der Waals surface area contributed by atoms with E-state index in [0.29, 0.717) is 25.6 Å². The summed E-state index contributed by atoms with van der Waals surface area (Å²) in [6, 6.07) is 27.4. The van der Waals surface area contributed by atoms with Gasteiger partial charge in [-0.2, -0.15) is 0 Å². The molecule has 0 aliphatic carbocycles. The Morgan fingerprint density at radius 1 is 0.730 bits per heavy atom. The highest BCUT2D eigenvalue weighted by atomic mass is 16.8. The Balaban J connectivity index is 1.35. The molecule has 196 valence electrons. The van der Waals surface area contributed by atoms with Gasteiger partial charge in [0.15, 0.2) is 5.79 Å². The Kier molecular flexibility index (Phi) is 8.08. The monoisotopic (exact) mass is 506 g/mol. The lowest BCUT2D eigenvalue weighted by atomic mass is 9.99. The van der Waals surface area contributed by atoms with Gasteiger partial charge in [-0.3, -0.25) is 0 Å². The van der Waals surface area contributed by atoms with Gasteiger partial charge < -0.3 is 33.2 Å². The van der Waals surface area contributed by atoms with E-state index in [4.69, 9.17) is 33.2 Å². The van der Waals surface area contributed by atoms with Crippen LogP contribution in [0.5, 0.6) is 11.5 Å². The fraction of sp³-hybridized carbons (Fsp3) is 0.400. The summed E-state index contributed by atoms with van der Waals surface area (Å²) in [6.45, 7) is 4.99. The molecule has 3 aromatic carbocycles. The van der Waals surface area contributed by atoms with Gasteiger partial charge >= 0.3 is 0 Å². The number of fused-ring (bicyclic) bond motifs is 1. The second-order valence-corrected chi connectivity index (χ2v) is 9.66. The summed E-state index contributed by atoms with van der Waals surface area (Å²) in [5, 5.41) is 0. The van der Waals surface area contributed by atoms with E-state index in [9.17, 15) is 0 Å². The Morgan fingerprint density at radius 3 is 1.97 bits per heavy atom. The van der Waals surface area contributed by atoms with Crippen LogP contribution < -0.4 is 9.47 Å². The van der Waals surface area contributed by atoms with Gasteiger partial charge in [-0.05, 0) is 49.2 Å². The van der Waals surface area contributed by atoms with Crippen molar-refractivity contribution >= 4 is 0 Å². The molecule has 0 saturated carbocycles. The van der Waals surface area contributed by atoms with Crippen LogP contribution in [0.25, 0.3) is 0 Å². The van der Waals surface area contributed by atoms with Gasteiger partial charge in [-0.1, -0.05) is 60.7 Å². The molecular formula is C30H34O7. The molecule has 7 heteroatoms. The average Bonchev–Trinajstić information content (AvgIpc) is 3.25. The Labute approximate surface area is 218 Å². The van der Waals surface area contributed by atoms with E-state index in [2.05, 4.69) is 0 Å². The first kappa shape index (κ1) is 25.7. The predicted octanol–water partition coefficient (Wildman–Crippen LogP) is 5.12. The van der Waals surface area contributed by atoms with Gasteiger partial charge in [0.25, 0.3) is 0 Å². The molecule has 5 atom stereocenters. The van der Waals surface area contributed by atoms with Crippen molar-refractivity contribution < 1.29 is 33.2 Å². The molecule has 0 spiro atoms. The minimum absolute atomic E-state index is 0.323. The van der Waals surface area contributed by atoms with Gasteiger partial charge in [0, 0.05) is 0 Å². The fourth-order valence-electron chi connectivity index (χ4n) is 4.67. The van der Waals surface area contributed by atoms with Crippen molar-refractivity contribution in [2.75, 3.05) is 13.7 Å². The van der Waals surface area contributed by atoms with Crippen LogP contribution >= 0.6 is 0 Å². The molecule has 3 aromatic rings. The van der Waals surface area contributed by atoms with Crippen LogP contribution in [0, 0.1) is 0 Å². The second kappa shape index (κ2) is 11.6. The van der Waals surface area contributed by atoms with Crippen molar-refractivity contribution in [1.29, 1.82) is 0 Å². The molecule has 7 nitrogen and oxygen atoms in total. The molecule has 0 bridgehead atoms. The highest BCUT2D eigenvalue weighted by Crippen LogP contribution is 2.40. The Hall–Kier alpha value is -2.94. The van der Waals surface area contributed by atoms with Gasteiger partial charge in [0.05, 0.1) is 26.9 Å². The van der Waals surface area contributed by atoms with Crippen LogP contribution in [-0.4, -0.2) is 50.2 Å².